The van der Waals surface area contributed by atoms with Crippen LogP contribution in [0.2, 0.25) is 5.15 Å². The number of aromatic nitrogens is 12. The van der Waals surface area contributed by atoms with Crippen molar-refractivity contribution in [2.45, 2.75) is 65.5 Å². The molecule has 2 amide bonds. The van der Waals surface area contributed by atoms with E-state index in [-0.39, 0.29) is 23.9 Å². The molecule has 0 radical (unpaired) electrons. The minimum absolute atomic E-state index is 0.164. The Labute approximate surface area is 460 Å². The number of benzene rings is 2. The first-order valence-electron chi connectivity index (χ1n) is 23.7. The number of anilines is 2. The minimum atomic E-state index is -1.41. The third kappa shape index (κ3) is 12.7. The van der Waals surface area contributed by atoms with E-state index < -0.39 is 7.12 Å². The Hall–Kier alpha value is -6.04. The first-order chi connectivity index (χ1) is 35.5. The molecule has 10 rings (SSSR count). The number of nitrogens with zero attached hydrogens (tertiary/aromatic N) is 14. The van der Waals surface area contributed by atoms with E-state index in [9.17, 15) is 9.59 Å². The summed E-state index contributed by atoms with van der Waals surface area (Å²) in [7, 11) is 7.62. The van der Waals surface area contributed by atoms with Gasteiger partial charge in [-0.15, -0.1) is 0 Å². The van der Waals surface area contributed by atoms with Crippen molar-refractivity contribution in [1.82, 2.24) is 68.4 Å². The SMILES string of the molecule is CCC(=O)N1CC[C@H](Nc2ncnc3c2nc(-c2ccc(OC)c(C)c2)n3C)C1.CCC(=O)N1CC[C@H](Nc2ncnc3c2nc(I)n3C)C1.COc1ccc(B(O)O)cc1C.Cn1c(I)nc2c(Cl)ncnc21. The van der Waals surface area contributed by atoms with Crippen LogP contribution in [0.3, 0.4) is 0 Å². The van der Waals surface area contributed by atoms with Gasteiger partial charge in [-0.05, 0) is 67.5 Å². The molecule has 2 atom stereocenters. The molecule has 26 heteroatoms. The summed E-state index contributed by atoms with van der Waals surface area (Å²) in [6.45, 7) is 10.7. The lowest BCUT2D eigenvalue weighted by molar-refractivity contribution is -0.130. The molecule has 0 unspecified atom stereocenters. The maximum absolute atomic E-state index is 12.0. The van der Waals surface area contributed by atoms with Gasteiger partial charge in [0.25, 0.3) is 0 Å². The average molecular weight is 1260 g/mol. The van der Waals surface area contributed by atoms with E-state index in [1.165, 1.54) is 6.33 Å². The Balaban J connectivity index is 0.000000155. The number of rotatable bonds is 10. The van der Waals surface area contributed by atoms with E-state index in [0.29, 0.717) is 41.3 Å². The third-order valence-corrected chi connectivity index (χ3v) is 14.8. The molecular weight excluding hydrogens is 1200 g/mol. The zero-order valence-electron chi connectivity index (χ0n) is 42.5. The second-order valence-corrected chi connectivity index (χ2v) is 19.7. The fourth-order valence-electron chi connectivity index (χ4n) is 8.51. The number of methoxy groups -OCH3 is 2. The number of halogens is 3. The molecule has 390 valence electrons. The fraction of sp³-hybridized carbons (Fsp3) is 0.396. The molecule has 2 aliphatic rings. The highest BCUT2D eigenvalue weighted by molar-refractivity contribution is 14.1. The van der Waals surface area contributed by atoms with Crippen LogP contribution in [-0.2, 0) is 30.7 Å². The predicted octanol–water partition coefficient (Wildman–Crippen LogP) is 5.47. The number of nitrogens with one attached hydrogen (secondary N) is 2. The lowest BCUT2D eigenvalue weighted by Crippen LogP contribution is -2.31. The second-order valence-electron chi connectivity index (χ2n) is 17.4. The third-order valence-electron chi connectivity index (χ3n) is 12.6. The van der Waals surface area contributed by atoms with Gasteiger partial charge in [0.15, 0.2) is 52.4 Å². The van der Waals surface area contributed by atoms with Gasteiger partial charge >= 0.3 is 7.12 Å². The molecule has 2 saturated heterocycles. The quantitative estimate of drug-likeness (QED) is 0.0574. The maximum Gasteiger partial charge on any atom is 0.488 e. The number of hydrogen-bond acceptors (Lipinski definition) is 17. The number of imidazole rings is 3. The summed E-state index contributed by atoms with van der Waals surface area (Å²) in [5.41, 5.74) is 7.94. The molecule has 2 aromatic carbocycles. The smallest absolute Gasteiger partial charge is 0.488 e. The van der Waals surface area contributed by atoms with Gasteiger partial charge in [0.05, 0.1) is 14.2 Å². The summed E-state index contributed by atoms with van der Waals surface area (Å²) in [6.07, 6.45) is 7.46. The topological polar surface area (TPSA) is 254 Å². The molecule has 4 N–H and O–H groups in total. The number of carbonyl (C=O) groups excluding carboxylic acids is 2. The van der Waals surface area contributed by atoms with Gasteiger partial charge in [-0.25, -0.2) is 44.9 Å². The van der Waals surface area contributed by atoms with E-state index in [1.807, 2.05) is 84.5 Å². The zero-order valence-corrected chi connectivity index (χ0v) is 47.6. The number of amides is 2. The van der Waals surface area contributed by atoms with Crippen molar-refractivity contribution >= 4 is 126 Å². The van der Waals surface area contributed by atoms with Crippen molar-refractivity contribution in [3.8, 4) is 22.9 Å². The Morgan fingerprint density at radius 1 is 0.676 bits per heavy atom. The Morgan fingerprint density at radius 2 is 1.14 bits per heavy atom. The van der Waals surface area contributed by atoms with Crippen LogP contribution < -0.4 is 25.6 Å². The number of ether oxygens (including phenoxy) is 2. The standard InChI is InChI=1S/C21H26N6O2.C13H17IN6O.C8H11BO3.C6H4ClIN4/c1-5-17(28)27-9-8-15(11-27)24-19-18-21(23-12-22-19)26(3)20(25-18)14-6-7-16(29-4)13(2)10-14;1-3-9(21)20-5-4-8(6-20)17-11-10-12(16-7-15-11)19(2)13(14)18-10;1-6-5-7(9(10)11)3-4-8(6)12-2;1-12-5-3(11-6(12)8)4(7)9-2-10-5/h6-7,10,12,15H,5,8-9,11H2,1-4H3,(H,22,23,24);7-8H,3-6H2,1-2H3,(H,15,16,17);3-5,10-11H,1-2H3;2H,1H3/t15-;8-;;/m00../s1. The monoisotopic (exact) mass is 1250 g/mol. The second kappa shape index (κ2) is 25.0. The van der Waals surface area contributed by atoms with Crippen LogP contribution in [0, 0.1) is 21.5 Å². The van der Waals surface area contributed by atoms with Gasteiger partial charge < -0.3 is 53.7 Å². The Bertz CT molecular complexity index is 3280. The van der Waals surface area contributed by atoms with Crippen LogP contribution in [0.5, 0.6) is 11.5 Å². The van der Waals surface area contributed by atoms with Gasteiger partial charge in [-0.1, -0.05) is 37.6 Å². The number of hydrogen-bond donors (Lipinski definition) is 4. The molecule has 2 fully saturated rings. The summed E-state index contributed by atoms with van der Waals surface area (Å²) < 4.78 is 17.9. The molecule has 0 bridgehead atoms. The van der Waals surface area contributed by atoms with Crippen LogP contribution in [0.15, 0.2) is 55.4 Å². The van der Waals surface area contributed by atoms with Crippen molar-refractivity contribution in [3.05, 3.63) is 79.3 Å². The summed E-state index contributed by atoms with van der Waals surface area (Å²) in [5.74, 6) is 4.27. The lowest BCUT2D eigenvalue weighted by Gasteiger charge is -2.16. The summed E-state index contributed by atoms with van der Waals surface area (Å²) in [6, 6.07) is 11.4. The molecule has 0 aliphatic carbocycles. The van der Waals surface area contributed by atoms with Crippen molar-refractivity contribution < 1.29 is 29.1 Å². The molecule has 8 heterocycles. The number of carbonyl (C=O) groups is 2. The summed E-state index contributed by atoms with van der Waals surface area (Å²) in [4.78, 5) is 66.4. The Kier molecular flexibility index (Phi) is 18.8. The van der Waals surface area contributed by atoms with Crippen LogP contribution in [0.1, 0.15) is 50.7 Å². The van der Waals surface area contributed by atoms with Crippen LogP contribution >= 0.6 is 56.8 Å². The highest BCUT2D eigenvalue weighted by atomic mass is 127. The van der Waals surface area contributed by atoms with Crippen molar-refractivity contribution in [1.29, 1.82) is 0 Å². The largest absolute Gasteiger partial charge is 0.496 e. The van der Waals surface area contributed by atoms with E-state index in [1.54, 1.807) is 45.1 Å². The lowest BCUT2D eigenvalue weighted by atomic mass is 9.79. The first kappa shape index (κ1) is 55.7. The molecule has 0 spiro atoms. The zero-order chi connectivity index (χ0) is 53.4. The molecule has 0 saturated carbocycles. The van der Waals surface area contributed by atoms with Crippen LogP contribution in [0.25, 0.3) is 44.9 Å². The van der Waals surface area contributed by atoms with Crippen molar-refractivity contribution in [2.24, 2.45) is 21.1 Å². The first-order valence-corrected chi connectivity index (χ1v) is 26.2. The van der Waals surface area contributed by atoms with Gasteiger partial charge in [-0.2, -0.15) is 0 Å². The van der Waals surface area contributed by atoms with Crippen molar-refractivity contribution in [3.63, 3.8) is 0 Å². The summed E-state index contributed by atoms with van der Waals surface area (Å²) >= 11 is 10.1. The Morgan fingerprint density at radius 3 is 1.61 bits per heavy atom. The molecule has 2 aliphatic heterocycles. The van der Waals surface area contributed by atoms with Crippen LogP contribution in [-0.4, -0.2) is 150 Å². The molecule has 6 aromatic heterocycles. The van der Waals surface area contributed by atoms with Crippen molar-refractivity contribution in [2.75, 3.05) is 51.0 Å². The van der Waals surface area contributed by atoms with E-state index >= 15 is 0 Å². The normalized spacial score (nSPS) is 15.0. The van der Waals surface area contributed by atoms with Gasteiger partial charge in [0, 0.05) is 123 Å². The predicted molar refractivity (Wildman–Crippen MR) is 301 cm³/mol. The van der Waals surface area contributed by atoms with E-state index in [4.69, 9.17) is 36.1 Å². The molecule has 22 nitrogen and oxygen atoms in total. The van der Waals surface area contributed by atoms with Crippen LogP contribution in [0.4, 0.5) is 11.6 Å². The fourth-order valence-corrected chi connectivity index (χ4v) is 9.62. The molecule has 74 heavy (non-hydrogen) atoms. The maximum atomic E-state index is 12.0. The van der Waals surface area contributed by atoms with E-state index in [0.717, 1.165) is 108 Å². The summed E-state index contributed by atoms with van der Waals surface area (Å²) in [5, 5.41) is 24.9. The number of likely N-dealkylation sites (tertiary alicyclic amines) is 2. The number of aryl methyl sites for hydroxylation is 5. The minimum Gasteiger partial charge on any atom is -0.496 e. The molecular formula is C48H58BClI2N16O6. The van der Waals surface area contributed by atoms with Gasteiger partial charge in [0.1, 0.15) is 41.8 Å². The molecule has 8 aromatic rings. The highest BCUT2D eigenvalue weighted by Crippen LogP contribution is 2.30. The van der Waals surface area contributed by atoms with E-state index in [2.05, 4.69) is 102 Å². The number of fused-ring (bicyclic) bond motifs is 3. The van der Waals surface area contributed by atoms with Gasteiger partial charge in [0.2, 0.25) is 11.8 Å². The van der Waals surface area contributed by atoms with Gasteiger partial charge in [-0.3, -0.25) is 9.59 Å². The average Bonchev–Trinajstić information content (AvgIpc) is 4.25. The highest BCUT2D eigenvalue weighted by Gasteiger charge is 2.28.